The number of hydrogen-bond donors (Lipinski definition) is 2. The van der Waals surface area contributed by atoms with Gasteiger partial charge in [-0.3, -0.25) is 4.68 Å². The van der Waals surface area contributed by atoms with Gasteiger partial charge in [0.05, 0.1) is 22.3 Å². The first-order valence-corrected chi connectivity index (χ1v) is 6.39. The van der Waals surface area contributed by atoms with Gasteiger partial charge in [-0.2, -0.15) is 5.10 Å². The lowest BCUT2D eigenvalue weighted by atomic mass is 9.98. The minimum atomic E-state index is -0.789. The summed E-state index contributed by atoms with van der Waals surface area (Å²) >= 11 is 3.49. The highest BCUT2D eigenvalue weighted by Crippen LogP contribution is 2.40. The van der Waals surface area contributed by atoms with E-state index in [-0.39, 0.29) is 0 Å². The molecule has 90 valence electrons. The largest absolute Gasteiger partial charge is 0.386 e. The monoisotopic (exact) mass is 287 g/mol. The summed E-state index contributed by atoms with van der Waals surface area (Å²) in [5.74, 6) is 0.347. The second kappa shape index (κ2) is 4.13. The summed E-state index contributed by atoms with van der Waals surface area (Å²) in [6.45, 7) is 4.74. The first kappa shape index (κ1) is 12.1. The molecule has 0 spiro atoms. The normalized spacial score (nSPS) is 19.8. The third-order valence-electron chi connectivity index (χ3n) is 3.41. The van der Waals surface area contributed by atoms with Crippen molar-refractivity contribution in [3.05, 3.63) is 15.9 Å². The second-order valence-corrected chi connectivity index (χ2v) is 5.52. The molecule has 1 aromatic rings. The van der Waals surface area contributed by atoms with Gasteiger partial charge in [-0.15, -0.1) is 0 Å². The molecule has 0 radical (unpaired) electrons. The van der Waals surface area contributed by atoms with E-state index >= 15 is 0 Å². The van der Waals surface area contributed by atoms with Gasteiger partial charge in [-0.05, 0) is 48.5 Å². The van der Waals surface area contributed by atoms with Crippen molar-refractivity contribution in [2.45, 2.75) is 38.8 Å². The van der Waals surface area contributed by atoms with E-state index in [0.29, 0.717) is 19.0 Å². The number of aryl methyl sites for hydroxylation is 1. The number of nitrogens with two attached hydrogens (primary N) is 1. The summed E-state index contributed by atoms with van der Waals surface area (Å²) in [5.41, 5.74) is 6.90. The Morgan fingerprint density at radius 3 is 2.56 bits per heavy atom. The molecule has 0 bridgehead atoms. The molecule has 5 heteroatoms. The Labute approximate surface area is 104 Å². The maximum atomic E-state index is 10.4. The van der Waals surface area contributed by atoms with Gasteiger partial charge in [0.25, 0.3) is 0 Å². The lowest BCUT2D eigenvalue weighted by molar-refractivity contribution is 0.00565. The fourth-order valence-corrected chi connectivity index (χ4v) is 2.35. The number of aliphatic hydroxyl groups is 1. The zero-order chi connectivity index (χ0) is 11.9. The Balaban J connectivity index is 2.22. The minimum Gasteiger partial charge on any atom is -0.386 e. The van der Waals surface area contributed by atoms with Gasteiger partial charge < -0.3 is 10.8 Å². The van der Waals surface area contributed by atoms with Crippen molar-refractivity contribution in [2.75, 3.05) is 6.54 Å². The van der Waals surface area contributed by atoms with E-state index in [1.54, 1.807) is 0 Å². The van der Waals surface area contributed by atoms with Gasteiger partial charge in [-0.25, -0.2) is 0 Å². The molecule has 4 nitrogen and oxygen atoms in total. The second-order valence-electron chi connectivity index (χ2n) is 4.72. The van der Waals surface area contributed by atoms with Gasteiger partial charge >= 0.3 is 0 Å². The Hall–Kier alpha value is -0.390. The molecule has 16 heavy (non-hydrogen) atoms. The lowest BCUT2D eigenvalue weighted by Gasteiger charge is -2.26. The molecule has 3 N–H and O–H groups in total. The van der Waals surface area contributed by atoms with Crippen LogP contribution in [0, 0.1) is 19.8 Å². The fourth-order valence-electron chi connectivity index (χ4n) is 2.07. The molecule has 1 unspecified atom stereocenters. The first-order valence-electron chi connectivity index (χ1n) is 5.60. The molecule has 0 amide bonds. The highest BCUT2D eigenvalue weighted by atomic mass is 79.9. The van der Waals surface area contributed by atoms with E-state index in [2.05, 4.69) is 21.0 Å². The van der Waals surface area contributed by atoms with Crippen LogP contribution in [0.5, 0.6) is 0 Å². The van der Waals surface area contributed by atoms with E-state index in [4.69, 9.17) is 5.73 Å². The molecule has 0 saturated heterocycles. The highest BCUT2D eigenvalue weighted by Gasteiger charge is 2.43. The van der Waals surface area contributed by atoms with Gasteiger partial charge in [0, 0.05) is 12.2 Å². The zero-order valence-corrected chi connectivity index (χ0v) is 11.3. The predicted molar refractivity (Wildman–Crippen MR) is 66.1 cm³/mol. The lowest BCUT2D eigenvalue weighted by Crippen LogP contribution is -2.44. The van der Waals surface area contributed by atoms with Gasteiger partial charge in [0.1, 0.15) is 0 Å². The Morgan fingerprint density at radius 2 is 2.19 bits per heavy atom. The molecule has 1 aliphatic carbocycles. The highest BCUT2D eigenvalue weighted by molar-refractivity contribution is 9.10. The van der Waals surface area contributed by atoms with Crippen molar-refractivity contribution in [2.24, 2.45) is 11.7 Å². The fraction of sp³-hybridized carbons (Fsp3) is 0.727. The number of aromatic nitrogens is 2. The van der Waals surface area contributed by atoms with Crippen LogP contribution in [0.4, 0.5) is 0 Å². The van der Waals surface area contributed by atoms with Crippen LogP contribution < -0.4 is 5.73 Å². The van der Waals surface area contributed by atoms with E-state index in [1.165, 1.54) is 0 Å². The maximum Gasteiger partial charge on any atom is 0.0992 e. The molecule has 1 atom stereocenters. The zero-order valence-electron chi connectivity index (χ0n) is 9.70. The van der Waals surface area contributed by atoms with Crippen LogP contribution in [0.1, 0.15) is 24.2 Å². The van der Waals surface area contributed by atoms with Crippen molar-refractivity contribution in [1.29, 1.82) is 0 Å². The Bertz CT molecular complexity index is 400. The molecule has 1 heterocycles. The van der Waals surface area contributed by atoms with Crippen LogP contribution in [0.2, 0.25) is 0 Å². The molecule has 0 aliphatic heterocycles. The third kappa shape index (κ3) is 2.04. The molecular weight excluding hydrogens is 270 g/mol. The quantitative estimate of drug-likeness (QED) is 0.879. The predicted octanol–water partition coefficient (Wildman–Crippen LogP) is 1.36. The van der Waals surface area contributed by atoms with E-state index in [0.717, 1.165) is 28.7 Å². The van der Waals surface area contributed by atoms with E-state index in [9.17, 15) is 5.11 Å². The van der Waals surface area contributed by atoms with Gasteiger partial charge in [0.15, 0.2) is 0 Å². The third-order valence-corrected chi connectivity index (χ3v) is 4.56. The standard InChI is InChI=1S/C11H18BrN3O/c1-7-10(12)8(2)15(14-7)6-11(16,5-13)9-3-4-9/h9,16H,3-6,13H2,1-2H3. The van der Waals surface area contributed by atoms with E-state index < -0.39 is 5.60 Å². The van der Waals surface area contributed by atoms with Crippen LogP contribution in [-0.2, 0) is 6.54 Å². The smallest absolute Gasteiger partial charge is 0.0992 e. The first-order chi connectivity index (χ1) is 7.48. The van der Waals surface area contributed by atoms with Crippen LogP contribution in [0.15, 0.2) is 4.47 Å². The molecular formula is C11H18BrN3O. The van der Waals surface area contributed by atoms with Crippen molar-refractivity contribution in [3.63, 3.8) is 0 Å². The van der Waals surface area contributed by atoms with Crippen molar-refractivity contribution in [3.8, 4) is 0 Å². The summed E-state index contributed by atoms with van der Waals surface area (Å²) < 4.78 is 2.87. The van der Waals surface area contributed by atoms with Crippen molar-refractivity contribution >= 4 is 15.9 Å². The molecule has 1 aromatic heterocycles. The summed E-state index contributed by atoms with van der Waals surface area (Å²) in [6.07, 6.45) is 2.16. The van der Waals surface area contributed by atoms with Crippen LogP contribution in [0.3, 0.4) is 0 Å². The molecule has 1 aliphatic rings. The average Bonchev–Trinajstić information content (AvgIpc) is 3.06. The maximum absolute atomic E-state index is 10.4. The molecule has 1 fully saturated rings. The number of hydrogen-bond acceptors (Lipinski definition) is 3. The number of rotatable bonds is 4. The number of halogens is 1. The molecule has 2 rings (SSSR count). The minimum absolute atomic E-state index is 0.299. The molecule has 0 aromatic carbocycles. The summed E-state index contributed by atoms with van der Waals surface area (Å²) in [5, 5.41) is 14.8. The Kier molecular flexibility index (Phi) is 3.11. The topological polar surface area (TPSA) is 64.1 Å². The molecule has 1 saturated carbocycles. The number of nitrogens with zero attached hydrogens (tertiary/aromatic N) is 2. The van der Waals surface area contributed by atoms with Gasteiger partial charge in [0.2, 0.25) is 0 Å². The van der Waals surface area contributed by atoms with Gasteiger partial charge in [-0.1, -0.05) is 0 Å². The summed E-state index contributed by atoms with van der Waals surface area (Å²) in [4.78, 5) is 0. The van der Waals surface area contributed by atoms with Crippen LogP contribution >= 0.6 is 15.9 Å². The van der Waals surface area contributed by atoms with Crippen LogP contribution in [0.25, 0.3) is 0 Å². The SMILES string of the molecule is Cc1nn(CC(O)(CN)C2CC2)c(C)c1Br. The van der Waals surface area contributed by atoms with Crippen LogP contribution in [-0.4, -0.2) is 27.0 Å². The Morgan fingerprint density at radius 1 is 1.56 bits per heavy atom. The van der Waals surface area contributed by atoms with E-state index in [1.807, 2.05) is 18.5 Å². The summed E-state index contributed by atoms with van der Waals surface area (Å²) in [6, 6.07) is 0. The van der Waals surface area contributed by atoms with Crippen molar-refractivity contribution < 1.29 is 5.11 Å². The average molecular weight is 288 g/mol. The summed E-state index contributed by atoms with van der Waals surface area (Å²) in [7, 11) is 0. The van der Waals surface area contributed by atoms with Crippen molar-refractivity contribution in [1.82, 2.24) is 9.78 Å².